The van der Waals surface area contributed by atoms with Crippen molar-refractivity contribution >= 4 is 38.5 Å². The number of benzene rings is 1. The minimum atomic E-state index is -3.09. The number of phenolic OH excluding ortho intramolecular Hbond substituents is 1. The Morgan fingerprint density at radius 1 is 1.38 bits per heavy atom. The predicted octanol–water partition coefficient (Wildman–Crippen LogP) is 4.87. The molecule has 1 aromatic rings. The Bertz CT molecular complexity index is 933. The lowest BCUT2D eigenvalue weighted by Gasteiger charge is -2.15. The van der Waals surface area contributed by atoms with E-state index < -0.39 is 15.1 Å². The summed E-state index contributed by atoms with van der Waals surface area (Å²) in [6, 6.07) is 3.77. The molecule has 2 aliphatic heterocycles. The molecule has 7 heteroatoms. The number of phenols is 1. The molecule has 2 aliphatic rings. The van der Waals surface area contributed by atoms with Crippen LogP contribution in [-0.4, -0.2) is 44.3 Å². The minimum absolute atomic E-state index is 0.0942. The zero-order chi connectivity index (χ0) is 21.2. The van der Waals surface area contributed by atoms with Crippen LogP contribution in [0.5, 0.6) is 11.5 Å². The maximum atomic E-state index is 12.5. The van der Waals surface area contributed by atoms with Crippen molar-refractivity contribution in [2.45, 2.75) is 57.3 Å². The van der Waals surface area contributed by atoms with E-state index in [4.69, 9.17) is 9.47 Å². The quantitative estimate of drug-likeness (QED) is 0.382. The van der Waals surface area contributed by atoms with Crippen LogP contribution in [0.15, 0.2) is 28.9 Å². The molecular weight excluding hydrogens is 503 g/mol. The summed E-state index contributed by atoms with van der Waals surface area (Å²) in [6.07, 6.45) is 6.36. The van der Waals surface area contributed by atoms with E-state index in [1.54, 1.807) is 7.11 Å². The SMILES string of the molecule is CCCC1=C2[C@@H](CC/C(=C/c3cc(I)c(O)c(OC)c3)CC)OC[C@@H]2S(=O)(=O)C1. The summed E-state index contributed by atoms with van der Waals surface area (Å²) in [5, 5.41) is 9.61. The van der Waals surface area contributed by atoms with Gasteiger partial charge in [-0.15, -0.1) is 0 Å². The molecule has 2 atom stereocenters. The van der Waals surface area contributed by atoms with Gasteiger partial charge in [0.1, 0.15) is 5.25 Å². The average Bonchev–Trinajstić information content (AvgIpc) is 3.21. The molecular formula is C22H29IO5S. The van der Waals surface area contributed by atoms with Crippen LogP contribution in [0.4, 0.5) is 0 Å². The highest BCUT2D eigenvalue weighted by atomic mass is 127. The Morgan fingerprint density at radius 2 is 2.14 bits per heavy atom. The van der Waals surface area contributed by atoms with Gasteiger partial charge in [0.2, 0.25) is 0 Å². The standard InChI is InChI=1S/C22H29IO5S/c1-4-6-16-13-29(25,26)20-12-28-18(21(16)20)8-7-14(5-2)9-15-10-17(23)22(24)19(11-15)27-3/h9-11,18,20,24H,4-8,12-13H2,1-3H3/b14-9+/t18-,20+/m1/s1. The number of hydrogen-bond donors (Lipinski definition) is 1. The predicted molar refractivity (Wildman–Crippen MR) is 124 cm³/mol. The van der Waals surface area contributed by atoms with Gasteiger partial charge in [-0.25, -0.2) is 8.42 Å². The molecule has 0 amide bonds. The third kappa shape index (κ3) is 4.82. The van der Waals surface area contributed by atoms with Gasteiger partial charge in [0, 0.05) is 0 Å². The third-order valence-electron chi connectivity index (χ3n) is 5.73. The van der Waals surface area contributed by atoms with Crippen LogP contribution in [0.2, 0.25) is 0 Å². The number of hydrogen-bond acceptors (Lipinski definition) is 5. The van der Waals surface area contributed by atoms with E-state index in [1.807, 2.05) is 12.1 Å². The molecule has 29 heavy (non-hydrogen) atoms. The van der Waals surface area contributed by atoms with Gasteiger partial charge in [-0.1, -0.05) is 37.5 Å². The van der Waals surface area contributed by atoms with Crippen LogP contribution >= 0.6 is 22.6 Å². The van der Waals surface area contributed by atoms with Gasteiger partial charge >= 0.3 is 0 Å². The van der Waals surface area contributed by atoms with Crippen LogP contribution in [0.1, 0.15) is 51.5 Å². The van der Waals surface area contributed by atoms with E-state index >= 15 is 0 Å². The first kappa shape index (κ1) is 22.6. The van der Waals surface area contributed by atoms with Crippen LogP contribution in [0, 0.1) is 3.57 Å². The first-order valence-electron chi connectivity index (χ1n) is 10.1. The molecule has 0 saturated carbocycles. The monoisotopic (exact) mass is 532 g/mol. The summed E-state index contributed by atoms with van der Waals surface area (Å²) < 4.78 is 36.9. The lowest BCUT2D eigenvalue weighted by molar-refractivity contribution is 0.117. The van der Waals surface area contributed by atoms with E-state index in [1.165, 1.54) is 5.57 Å². The van der Waals surface area contributed by atoms with Gasteiger partial charge in [-0.05, 0) is 71.5 Å². The summed E-state index contributed by atoms with van der Waals surface area (Å²) in [4.78, 5) is 0. The fourth-order valence-corrected chi connectivity index (χ4v) is 6.88. The van der Waals surface area contributed by atoms with E-state index in [9.17, 15) is 13.5 Å². The second kappa shape index (κ2) is 9.39. The Morgan fingerprint density at radius 3 is 2.79 bits per heavy atom. The van der Waals surface area contributed by atoms with Crippen molar-refractivity contribution in [3.05, 3.63) is 38.0 Å². The molecule has 0 radical (unpaired) electrons. The van der Waals surface area contributed by atoms with E-state index in [-0.39, 0.29) is 17.6 Å². The number of aromatic hydroxyl groups is 1. The topological polar surface area (TPSA) is 72.8 Å². The fourth-order valence-electron chi connectivity index (χ4n) is 4.26. The summed E-state index contributed by atoms with van der Waals surface area (Å²) >= 11 is 2.10. The first-order valence-corrected chi connectivity index (χ1v) is 12.9. The second-order valence-electron chi connectivity index (χ2n) is 7.68. The molecule has 0 bridgehead atoms. The molecule has 1 N–H and O–H groups in total. The smallest absolute Gasteiger partial charge is 0.171 e. The third-order valence-corrected chi connectivity index (χ3v) is 8.56. The number of allylic oxidation sites excluding steroid dienone is 1. The van der Waals surface area contributed by atoms with Crippen LogP contribution in [0.3, 0.4) is 0 Å². The number of halogens is 1. The highest BCUT2D eigenvalue weighted by molar-refractivity contribution is 14.1. The molecule has 3 rings (SSSR count). The van der Waals surface area contributed by atoms with Crippen molar-refractivity contribution in [1.82, 2.24) is 0 Å². The van der Waals surface area contributed by atoms with Gasteiger partial charge < -0.3 is 14.6 Å². The Hall–Kier alpha value is -1.06. The summed E-state index contributed by atoms with van der Waals surface area (Å²) in [7, 11) is -1.54. The Kier molecular flexibility index (Phi) is 7.32. The largest absolute Gasteiger partial charge is 0.504 e. The number of fused-ring (bicyclic) bond motifs is 1. The number of sulfone groups is 1. The Balaban J connectivity index is 1.77. The van der Waals surface area contributed by atoms with Gasteiger partial charge in [-0.2, -0.15) is 0 Å². The van der Waals surface area contributed by atoms with Crippen LogP contribution in [-0.2, 0) is 14.6 Å². The van der Waals surface area contributed by atoms with Crippen molar-refractivity contribution in [2.24, 2.45) is 0 Å². The molecule has 1 fully saturated rings. The normalized spacial score (nSPS) is 23.5. The highest BCUT2D eigenvalue weighted by Gasteiger charge is 2.46. The van der Waals surface area contributed by atoms with Crippen molar-refractivity contribution in [3.8, 4) is 11.5 Å². The van der Waals surface area contributed by atoms with Crippen LogP contribution < -0.4 is 4.74 Å². The molecule has 1 saturated heterocycles. The van der Waals surface area contributed by atoms with Crippen molar-refractivity contribution < 1.29 is 23.0 Å². The van der Waals surface area contributed by atoms with E-state index in [0.29, 0.717) is 12.4 Å². The van der Waals surface area contributed by atoms with Crippen molar-refractivity contribution in [2.75, 3.05) is 19.5 Å². The Labute approximate surface area is 187 Å². The number of rotatable bonds is 8. The van der Waals surface area contributed by atoms with Gasteiger partial charge in [0.05, 0.1) is 29.1 Å². The van der Waals surface area contributed by atoms with E-state index in [0.717, 1.165) is 52.4 Å². The van der Waals surface area contributed by atoms with Gasteiger partial charge in [-0.3, -0.25) is 0 Å². The van der Waals surface area contributed by atoms with Gasteiger partial charge in [0.15, 0.2) is 21.3 Å². The van der Waals surface area contributed by atoms with Crippen molar-refractivity contribution in [3.63, 3.8) is 0 Å². The molecule has 2 heterocycles. The molecule has 0 unspecified atom stereocenters. The lowest BCUT2D eigenvalue weighted by Crippen LogP contribution is -2.19. The first-order chi connectivity index (χ1) is 13.8. The zero-order valence-corrected chi connectivity index (χ0v) is 20.2. The molecule has 5 nitrogen and oxygen atoms in total. The molecule has 1 aromatic carbocycles. The number of methoxy groups -OCH3 is 1. The summed E-state index contributed by atoms with van der Waals surface area (Å²) in [6.45, 7) is 4.51. The molecule has 0 aliphatic carbocycles. The lowest BCUT2D eigenvalue weighted by atomic mass is 9.94. The number of ether oxygens (including phenoxy) is 2. The fraction of sp³-hybridized carbons (Fsp3) is 0.545. The second-order valence-corrected chi connectivity index (χ2v) is 11.0. The maximum absolute atomic E-state index is 12.5. The molecule has 0 aromatic heterocycles. The summed E-state index contributed by atoms with van der Waals surface area (Å²) in [5.41, 5.74) is 4.38. The molecule has 160 valence electrons. The van der Waals surface area contributed by atoms with Crippen LogP contribution in [0.25, 0.3) is 6.08 Å². The van der Waals surface area contributed by atoms with Crippen molar-refractivity contribution in [1.29, 1.82) is 0 Å². The van der Waals surface area contributed by atoms with E-state index in [2.05, 4.69) is 42.5 Å². The summed E-state index contributed by atoms with van der Waals surface area (Å²) in [5.74, 6) is 0.834. The zero-order valence-electron chi connectivity index (χ0n) is 17.2. The highest BCUT2D eigenvalue weighted by Crippen LogP contribution is 2.40. The maximum Gasteiger partial charge on any atom is 0.171 e. The average molecular weight is 532 g/mol. The van der Waals surface area contributed by atoms with Gasteiger partial charge in [0.25, 0.3) is 0 Å². The minimum Gasteiger partial charge on any atom is -0.504 e. The molecule has 0 spiro atoms.